The van der Waals surface area contributed by atoms with Gasteiger partial charge < -0.3 is 15.0 Å². The van der Waals surface area contributed by atoms with Crippen molar-refractivity contribution >= 4 is 5.91 Å². The van der Waals surface area contributed by atoms with E-state index in [1.807, 2.05) is 12.1 Å². The molecule has 2 aliphatic rings. The number of carbonyl (C=O) groups excluding carboxylic acids is 1. The van der Waals surface area contributed by atoms with Crippen LogP contribution in [0.2, 0.25) is 0 Å². The Kier molecular flexibility index (Phi) is 6.32. The van der Waals surface area contributed by atoms with Crippen molar-refractivity contribution < 1.29 is 9.53 Å². The van der Waals surface area contributed by atoms with Crippen LogP contribution in [0, 0.1) is 5.92 Å². The normalized spacial score (nSPS) is 21.2. The number of amides is 1. The van der Waals surface area contributed by atoms with E-state index in [4.69, 9.17) is 4.74 Å². The monoisotopic (exact) mass is 345 g/mol. The summed E-state index contributed by atoms with van der Waals surface area (Å²) in [5.74, 6) is 1.34. The van der Waals surface area contributed by atoms with Gasteiger partial charge in [0.15, 0.2) is 0 Å². The molecule has 5 heteroatoms. The Morgan fingerprint density at radius 1 is 1.16 bits per heavy atom. The maximum Gasteiger partial charge on any atom is 0.223 e. The second-order valence-corrected chi connectivity index (χ2v) is 7.35. The van der Waals surface area contributed by atoms with E-state index in [1.165, 1.54) is 18.4 Å². The molecule has 1 aromatic carbocycles. The van der Waals surface area contributed by atoms with Crippen molar-refractivity contribution in [1.29, 1.82) is 0 Å². The van der Waals surface area contributed by atoms with E-state index < -0.39 is 0 Å². The molecule has 1 aromatic rings. The van der Waals surface area contributed by atoms with E-state index in [-0.39, 0.29) is 17.9 Å². The second kappa shape index (κ2) is 8.68. The molecule has 1 heterocycles. The smallest absolute Gasteiger partial charge is 0.223 e. The van der Waals surface area contributed by atoms with Crippen molar-refractivity contribution in [2.24, 2.45) is 5.92 Å². The van der Waals surface area contributed by atoms with Gasteiger partial charge in [-0.2, -0.15) is 0 Å². The van der Waals surface area contributed by atoms with Crippen LogP contribution in [0.5, 0.6) is 5.75 Å². The van der Waals surface area contributed by atoms with Crippen LogP contribution in [-0.4, -0.2) is 62.6 Å². The molecule has 3 rings (SSSR count). The summed E-state index contributed by atoms with van der Waals surface area (Å²) in [5, 5.41) is 3.23. The summed E-state index contributed by atoms with van der Waals surface area (Å²) >= 11 is 0. The average Bonchev–Trinajstić information content (AvgIpc) is 3.18. The SMILES string of the molecule is COc1ccc([C@H](CNC(=O)C2CCCC2)N2CCN(C)CC2)cc1. The van der Waals surface area contributed by atoms with Gasteiger partial charge in [-0.1, -0.05) is 25.0 Å². The zero-order chi connectivity index (χ0) is 17.6. The first-order valence-electron chi connectivity index (χ1n) is 9.51. The van der Waals surface area contributed by atoms with Gasteiger partial charge in [0.2, 0.25) is 5.91 Å². The Bertz CT molecular complexity index is 547. The maximum absolute atomic E-state index is 12.5. The lowest BCUT2D eigenvalue weighted by Crippen LogP contribution is -2.48. The largest absolute Gasteiger partial charge is 0.497 e. The van der Waals surface area contributed by atoms with E-state index >= 15 is 0 Å². The minimum Gasteiger partial charge on any atom is -0.497 e. The van der Waals surface area contributed by atoms with Crippen molar-refractivity contribution in [2.75, 3.05) is 46.9 Å². The van der Waals surface area contributed by atoms with E-state index in [1.54, 1.807) is 7.11 Å². The van der Waals surface area contributed by atoms with Crippen molar-refractivity contribution in [2.45, 2.75) is 31.7 Å². The maximum atomic E-state index is 12.5. The Morgan fingerprint density at radius 3 is 2.40 bits per heavy atom. The third kappa shape index (κ3) is 4.73. The molecule has 0 aromatic heterocycles. The molecule has 5 nitrogen and oxygen atoms in total. The molecule has 0 bridgehead atoms. The third-order valence-electron chi connectivity index (χ3n) is 5.67. The number of hydrogen-bond donors (Lipinski definition) is 1. The highest BCUT2D eigenvalue weighted by molar-refractivity contribution is 5.78. The minimum atomic E-state index is 0.226. The fourth-order valence-corrected chi connectivity index (χ4v) is 3.95. The molecule has 138 valence electrons. The van der Waals surface area contributed by atoms with Crippen LogP contribution in [0.3, 0.4) is 0 Å². The lowest BCUT2D eigenvalue weighted by atomic mass is 10.0. The van der Waals surface area contributed by atoms with Gasteiger partial charge in [-0.15, -0.1) is 0 Å². The zero-order valence-corrected chi connectivity index (χ0v) is 15.5. The van der Waals surface area contributed by atoms with Gasteiger partial charge in [0.05, 0.1) is 13.2 Å². The van der Waals surface area contributed by atoms with Crippen molar-refractivity contribution in [1.82, 2.24) is 15.1 Å². The van der Waals surface area contributed by atoms with E-state index in [2.05, 4.69) is 34.3 Å². The van der Waals surface area contributed by atoms with Gasteiger partial charge in [-0.25, -0.2) is 0 Å². The molecule has 1 saturated heterocycles. The summed E-state index contributed by atoms with van der Waals surface area (Å²) in [6.45, 7) is 4.90. The quantitative estimate of drug-likeness (QED) is 0.859. The number of nitrogens with zero attached hydrogens (tertiary/aromatic N) is 2. The number of hydrogen-bond acceptors (Lipinski definition) is 4. The molecule has 1 aliphatic heterocycles. The summed E-state index contributed by atoms with van der Waals surface area (Å²) < 4.78 is 5.28. The summed E-state index contributed by atoms with van der Waals surface area (Å²) in [7, 11) is 3.86. The van der Waals surface area contributed by atoms with Crippen LogP contribution in [0.25, 0.3) is 0 Å². The lowest BCUT2D eigenvalue weighted by molar-refractivity contribution is -0.125. The molecule has 1 atom stereocenters. The number of rotatable bonds is 6. The highest BCUT2D eigenvalue weighted by Crippen LogP contribution is 2.26. The van der Waals surface area contributed by atoms with Crippen LogP contribution in [-0.2, 0) is 4.79 Å². The number of nitrogens with one attached hydrogen (secondary N) is 1. The summed E-state index contributed by atoms with van der Waals surface area (Å²) in [5.41, 5.74) is 1.25. The van der Waals surface area contributed by atoms with Gasteiger partial charge in [0.1, 0.15) is 5.75 Å². The molecule has 1 amide bonds. The number of benzene rings is 1. The second-order valence-electron chi connectivity index (χ2n) is 7.35. The molecular weight excluding hydrogens is 314 g/mol. The molecule has 0 unspecified atom stereocenters. The number of piperazine rings is 1. The van der Waals surface area contributed by atoms with Crippen LogP contribution in [0.1, 0.15) is 37.3 Å². The summed E-state index contributed by atoms with van der Waals surface area (Å²) in [6, 6.07) is 8.51. The Hall–Kier alpha value is -1.59. The van der Waals surface area contributed by atoms with E-state index in [0.29, 0.717) is 6.54 Å². The fraction of sp³-hybridized carbons (Fsp3) is 0.650. The number of carbonyl (C=O) groups is 1. The van der Waals surface area contributed by atoms with Crippen LogP contribution in [0.15, 0.2) is 24.3 Å². The minimum absolute atomic E-state index is 0.226. The average molecular weight is 345 g/mol. The van der Waals surface area contributed by atoms with Crippen LogP contribution >= 0.6 is 0 Å². The molecule has 0 radical (unpaired) electrons. The highest BCUT2D eigenvalue weighted by Gasteiger charge is 2.27. The Morgan fingerprint density at radius 2 is 1.80 bits per heavy atom. The number of likely N-dealkylation sites (N-methyl/N-ethyl adjacent to an activating group) is 1. The first kappa shape index (κ1) is 18.2. The summed E-state index contributed by atoms with van der Waals surface area (Å²) in [6.07, 6.45) is 4.48. The van der Waals surface area contributed by atoms with Gasteiger partial charge in [-0.3, -0.25) is 9.69 Å². The van der Waals surface area contributed by atoms with Crippen molar-refractivity contribution in [3.63, 3.8) is 0 Å². The Labute approximate surface area is 151 Å². The third-order valence-corrected chi connectivity index (χ3v) is 5.67. The van der Waals surface area contributed by atoms with Gasteiger partial charge in [0, 0.05) is 38.6 Å². The van der Waals surface area contributed by atoms with Crippen LogP contribution in [0.4, 0.5) is 0 Å². The van der Waals surface area contributed by atoms with E-state index in [0.717, 1.165) is 44.8 Å². The molecule has 1 aliphatic carbocycles. The fourth-order valence-electron chi connectivity index (χ4n) is 3.95. The number of methoxy groups -OCH3 is 1. The molecule has 25 heavy (non-hydrogen) atoms. The molecule has 1 saturated carbocycles. The summed E-state index contributed by atoms with van der Waals surface area (Å²) in [4.78, 5) is 17.3. The zero-order valence-electron chi connectivity index (χ0n) is 15.5. The predicted octanol–water partition coefficient (Wildman–Crippen LogP) is 2.29. The molecule has 2 fully saturated rings. The Balaban J connectivity index is 1.67. The first-order chi connectivity index (χ1) is 12.2. The number of ether oxygens (including phenoxy) is 1. The molecular formula is C20H31N3O2. The van der Waals surface area contributed by atoms with Crippen LogP contribution < -0.4 is 10.1 Å². The molecule has 0 spiro atoms. The standard InChI is InChI=1S/C20H31N3O2/c1-22-11-13-23(14-12-22)19(16-7-9-18(25-2)10-8-16)15-21-20(24)17-5-3-4-6-17/h7-10,17,19H,3-6,11-15H2,1-2H3,(H,21,24)/t19-/m0/s1. The van der Waals surface area contributed by atoms with E-state index in [9.17, 15) is 4.79 Å². The van der Waals surface area contributed by atoms with Crippen molar-refractivity contribution in [3.05, 3.63) is 29.8 Å². The highest BCUT2D eigenvalue weighted by atomic mass is 16.5. The van der Waals surface area contributed by atoms with Gasteiger partial charge in [0.25, 0.3) is 0 Å². The molecule has 1 N–H and O–H groups in total. The predicted molar refractivity (Wildman–Crippen MR) is 99.8 cm³/mol. The first-order valence-corrected chi connectivity index (χ1v) is 9.51. The van der Waals surface area contributed by atoms with Gasteiger partial charge in [-0.05, 0) is 37.6 Å². The topological polar surface area (TPSA) is 44.8 Å². The van der Waals surface area contributed by atoms with Crippen molar-refractivity contribution in [3.8, 4) is 5.75 Å². The van der Waals surface area contributed by atoms with Gasteiger partial charge >= 0.3 is 0 Å². The lowest BCUT2D eigenvalue weighted by Gasteiger charge is -2.38.